The first kappa shape index (κ1) is 19.7. The largest absolute Gasteiger partial charge is 0.311 e. The molecule has 2 nitrogen and oxygen atoms in total. The normalized spacial score (nSPS) is 24.1. The minimum absolute atomic E-state index is 0. The van der Waals surface area contributed by atoms with Crippen molar-refractivity contribution in [3.05, 3.63) is 34.6 Å². The smallest absolute Gasteiger partial charge is 0.142 e. The maximum Gasteiger partial charge on any atom is 0.142 e. The summed E-state index contributed by atoms with van der Waals surface area (Å²) in [5, 5.41) is 3.70. The molecule has 22 heavy (non-hydrogen) atoms. The van der Waals surface area contributed by atoms with Gasteiger partial charge < -0.3 is 5.32 Å². The molecule has 0 radical (unpaired) electrons. The number of halogens is 3. The summed E-state index contributed by atoms with van der Waals surface area (Å²) in [5.74, 6) is 0.241. The summed E-state index contributed by atoms with van der Waals surface area (Å²) in [4.78, 5) is 2.50. The zero-order chi connectivity index (χ0) is 15.6. The molecule has 2 rings (SSSR count). The molecule has 1 aliphatic rings. The number of benzene rings is 1. The van der Waals surface area contributed by atoms with Crippen LogP contribution in [0.5, 0.6) is 0 Å². The lowest BCUT2D eigenvalue weighted by molar-refractivity contribution is 0.0825. The molecule has 0 bridgehead atoms. The zero-order valence-corrected chi connectivity index (χ0v) is 15.3. The predicted molar refractivity (Wildman–Crippen MR) is 94.5 cm³/mol. The molecule has 3 atom stereocenters. The number of rotatable bonds is 4. The molecule has 0 spiro atoms. The standard InChI is InChI=1S/C17H26ClFN2.ClH/c1-11(2)7-17(14-5-6-15(18)16(19)8-14)21-10-12(3)20-9-13(21)4;/h5-6,8,11-13,17,20H,7,9-10H2,1-4H3;1H/t12-,13+,17?;/m0./s1. The van der Waals surface area contributed by atoms with Crippen molar-refractivity contribution in [3.63, 3.8) is 0 Å². The van der Waals surface area contributed by atoms with Gasteiger partial charge in [0.25, 0.3) is 0 Å². The predicted octanol–water partition coefficient (Wildman–Crippen LogP) is 4.67. The van der Waals surface area contributed by atoms with Gasteiger partial charge in [0.1, 0.15) is 5.82 Å². The van der Waals surface area contributed by atoms with Crippen LogP contribution in [0.2, 0.25) is 5.02 Å². The summed E-state index contributed by atoms with van der Waals surface area (Å²) < 4.78 is 13.9. The molecular weight excluding hydrogens is 322 g/mol. The van der Waals surface area contributed by atoms with Crippen LogP contribution in [0, 0.1) is 11.7 Å². The van der Waals surface area contributed by atoms with Gasteiger partial charge in [-0.05, 0) is 43.9 Å². The molecule has 0 aromatic heterocycles. The summed E-state index contributed by atoms with van der Waals surface area (Å²) in [6.45, 7) is 10.8. The van der Waals surface area contributed by atoms with Gasteiger partial charge in [-0.15, -0.1) is 12.4 Å². The summed E-state index contributed by atoms with van der Waals surface area (Å²) in [6, 6.07) is 6.41. The molecule has 0 saturated carbocycles. The van der Waals surface area contributed by atoms with Gasteiger partial charge in [-0.25, -0.2) is 4.39 Å². The second-order valence-corrected chi connectivity index (χ2v) is 7.08. The Labute approximate surface area is 144 Å². The Hall–Kier alpha value is -0.350. The van der Waals surface area contributed by atoms with Crippen LogP contribution in [0.3, 0.4) is 0 Å². The van der Waals surface area contributed by atoms with Gasteiger partial charge in [-0.1, -0.05) is 31.5 Å². The van der Waals surface area contributed by atoms with Crippen LogP contribution in [0.4, 0.5) is 4.39 Å². The zero-order valence-electron chi connectivity index (χ0n) is 13.8. The van der Waals surface area contributed by atoms with Crippen molar-refractivity contribution in [2.75, 3.05) is 13.1 Å². The summed E-state index contributed by atoms with van der Waals surface area (Å²) in [5.41, 5.74) is 1.03. The lowest BCUT2D eigenvalue weighted by atomic mass is 9.93. The molecule has 1 fully saturated rings. The second kappa shape index (κ2) is 8.49. The van der Waals surface area contributed by atoms with Crippen LogP contribution in [0.25, 0.3) is 0 Å². The average molecular weight is 349 g/mol. The highest BCUT2D eigenvalue weighted by molar-refractivity contribution is 6.30. The van der Waals surface area contributed by atoms with E-state index in [0.29, 0.717) is 18.0 Å². The maximum absolute atomic E-state index is 13.9. The molecule has 1 unspecified atom stereocenters. The van der Waals surface area contributed by atoms with Gasteiger partial charge in [0.15, 0.2) is 0 Å². The maximum atomic E-state index is 13.9. The highest BCUT2D eigenvalue weighted by Gasteiger charge is 2.30. The van der Waals surface area contributed by atoms with E-state index in [1.807, 2.05) is 6.07 Å². The number of nitrogens with zero attached hydrogens (tertiary/aromatic N) is 1. The van der Waals surface area contributed by atoms with Crippen LogP contribution in [0.1, 0.15) is 45.7 Å². The fraction of sp³-hybridized carbons (Fsp3) is 0.647. The lowest BCUT2D eigenvalue weighted by Gasteiger charge is -2.43. The first-order chi connectivity index (χ1) is 9.88. The van der Waals surface area contributed by atoms with E-state index in [-0.39, 0.29) is 29.3 Å². The van der Waals surface area contributed by atoms with Crippen LogP contribution < -0.4 is 5.32 Å². The Morgan fingerprint density at radius 1 is 1.36 bits per heavy atom. The molecule has 0 aliphatic carbocycles. The number of hydrogen-bond donors (Lipinski definition) is 1. The van der Waals surface area contributed by atoms with Crippen molar-refractivity contribution < 1.29 is 4.39 Å². The van der Waals surface area contributed by atoms with E-state index in [4.69, 9.17) is 11.6 Å². The molecule has 5 heteroatoms. The minimum Gasteiger partial charge on any atom is -0.311 e. The van der Waals surface area contributed by atoms with E-state index in [1.54, 1.807) is 12.1 Å². The topological polar surface area (TPSA) is 15.3 Å². The number of piperazine rings is 1. The molecule has 1 N–H and O–H groups in total. The van der Waals surface area contributed by atoms with E-state index >= 15 is 0 Å². The highest BCUT2D eigenvalue weighted by atomic mass is 35.5. The van der Waals surface area contributed by atoms with Crippen molar-refractivity contribution in [3.8, 4) is 0 Å². The molecule has 1 aromatic carbocycles. The first-order valence-electron chi connectivity index (χ1n) is 7.82. The van der Waals surface area contributed by atoms with Crippen molar-refractivity contribution in [2.45, 2.75) is 52.2 Å². The summed E-state index contributed by atoms with van der Waals surface area (Å²) in [6.07, 6.45) is 1.03. The Morgan fingerprint density at radius 2 is 2.05 bits per heavy atom. The van der Waals surface area contributed by atoms with E-state index in [0.717, 1.165) is 25.1 Å². The van der Waals surface area contributed by atoms with Crippen LogP contribution in [0.15, 0.2) is 18.2 Å². The van der Waals surface area contributed by atoms with E-state index < -0.39 is 0 Å². The van der Waals surface area contributed by atoms with E-state index in [1.165, 1.54) is 0 Å². The highest BCUT2D eigenvalue weighted by Crippen LogP contribution is 2.32. The van der Waals surface area contributed by atoms with Gasteiger partial charge >= 0.3 is 0 Å². The van der Waals surface area contributed by atoms with Crippen molar-refractivity contribution in [1.29, 1.82) is 0 Å². The van der Waals surface area contributed by atoms with Gasteiger partial charge in [0.2, 0.25) is 0 Å². The first-order valence-corrected chi connectivity index (χ1v) is 8.20. The van der Waals surface area contributed by atoms with Gasteiger partial charge in [0, 0.05) is 31.2 Å². The Bertz CT molecular complexity index is 482. The molecule has 1 aromatic rings. The molecule has 126 valence electrons. The van der Waals surface area contributed by atoms with Crippen molar-refractivity contribution >= 4 is 24.0 Å². The Balaban J connectivity index is 0.00000242. The molecule has 1 aliphatic heterocycles. The number of hydrogen-bond acceptors (Lipinski definition) is 2. The van der Waals surface area contributed by atoms with Gasteiger partial charge in [-0.3, -0.25) is 4.90 Å². The number of nitrogens with one attached hydrogen (secondary N) is 1. The minimum atomic E-state index is -0.321. The lowest BCUT2D eigenvalue weighted by Crippen LogP contribution is -2.55. The van der Waals surface area contributed by atoms with Gasteiger partial charge in [0.05, 0.1) is 5.02 Å². The Morgan fingerprint density at radius 3 is 2.64 bits per heavy atom. The third-order valence-electron chi connectivity index (χ3n) is 4.24. The molecular formula is C17H27Cl2FN2. The Kier molecular flexibility index (Phi) is 7.60. The molecule has 1 saturated heterocycles. The molecule has 1 heterocycles. The third-order valence-corrected chi connectivity index (χ3v) is 4.54. The van der Waals surface area contributed by atoms with E-state index in [9.17, 15) is 4.39 Å². The van der Waals surface area contributed by atoms with Crippen LogP contribution in [-0.2, 0) is 0 Å². The SMILES string of the molecule is CC(C)CC(c1ccc(Cl)c(F)c1)N1C[C@H](C)NC[C@H]1C.Cl. The van der Waals surface area contributed by atoms with Gasteiger partial charge in [-0.2, -0.15) is 0 Å². The molecule has 0 amide bonds. The van der Waals surface area contributed by atoms with Crippen LogP contribution in [-0.4, -0.2) is 30.1 Å². The van der Waals surface area contributed by atoms with Crippen molar-refractivity contribution in [2.24, 2.45) is 5.92 Å². The summed E-state index contributed by atoms with van der Waals surface area (Å²) >= 11 is 5.83. The van der Waals surface area contributed by atoms with E-state index in [2.05, 4.69) is 37.9 Å². The van der Waals surface area contributed by atoms with Crippen LogP contribution >= 0.6 is 24.0 Å². The van der Waals surface area contributed by atoms with Crippen molar-refractivity contribution in [1.82, 2.24) is 10.2 Å². The second-order valence-electron chi connectivity index (χ2n) is 6.67. The fourth-order valence-corrected chi connectivity index (χ4v) is 3.23. The monoisotopic (exact) mass is 348 g/mol. The average Bonchev–Trinajstić information content (AvgIpc) is 2.42. The fourth-order valence-electron chi connectivity index (χ4n) is 3.11. The third kappa shape index (κ3) is 4.82. The quantitative estimate of drug-likeness (QED) is 0.850. The summed E-state index contributed by atoms with van der Waals surface area (Å²) in [7, 11) is 0.